The third-order valence-electron chi connectivity index (χ3n) is 2.78. The zero-order valence-corrected chi connectivity index (χ0v) is 11.4. The Bertz CT molecular complexity index is 646. The van der Waals surface area contributed by atoms with E-state index >= 15 is 0 Å². The Morgan fingerprint density at radius 1 is 1.33 bits per heavy atom. The first kappa shape index (κ1) is 14.4. The van der Waals surface area contributed by atoms with Crippen LogP contribution in [0.25, 0.3) is 0 Å². The monoisotopic (exact) mass is 286 g/mol. The molecule has 2 amide bonds. The van der Waals surface area contributed by atoms with Crippen molar-refractivity contribution in [2.45, 2.75) is 6.54 Å². The number of hydrogen-bond donors (Lipinski definition) is 1. The molecule has 0 aliphatic heterocycles. The van der Waals surface area contributed by atoms with Gasteiger partial charge in [0.05, 0.1) is 17.2 Å². The highest BCUT2D eigenvalue weighted by Crippen LogP contribution is 2.17. The van der Waals surface area contributed by atoms with Crippen molar-refractivity contribution in [1.29, 1.82) is 0 Å². The fraction of sp³-hybridized carbons (Fsp3) is 0.143. The minimum absolute atomic E-state index is 0.0693. The summed E-state index contributed by atoms with van der Waals surface area (Å²) >= 11 is 0. The van der Waals surface area contributed by atoms with Crippen molar-refractivity contribution in [1.82, 2.24) is 9.88 Å². The summed E-state index contributed by atoms with van der Waals surface area (Å²) < 4.78 is 0. The van der Waals surface area contributed by atoms with E-state index in [-0.39, 0.29) is 11.7 Å². The summed E-state index contributed by atoms with van der Waals surface area (Å²) in [5.74, 6) is 0. The van der Waals surface area contributed by atoms with Crippen LogP contribution in [0.1, 0.15) is 5.69 Å². The smallest absolute Gasteiger partial charge is 0.321 e. The van der Waals surface area contributed by atoms with E-state index in [4.69, 9.17) is 0 Å². The van der Waals surface area contributed by atoms with Crippen molar-refractivity contribution in [2.75, 3.05) is 12.4 Å². The predicted octanol–water partition coefficient (Wildman–Crippen LogP) is 2.65. The van der Waals surface area contributed by atoms with Gasteiger partial charge in [-0.1, -0.05) is 12.1 Å². The molecule has 2 aromatic rings. The summed E-state index contributed by atoms with van der Waals surface area (Å²) in [5, 5.41) is 13.3. The first-order valence-corrected chi connectivity index (χ1v) is 6.23. The van der Waals surface area contributed by atoms with Crippen LogP contribution in [-0.4, -0.2) is 27.9 Å². The highest BCUT2D eigenvalue weighted by atomic mass is 16.6. The zero-order valence-electron chi connectivity index (χ0n) is 11.4. The van der Waals surface area contributed by atoms with E-state index in [0.717, 1.165) is 5.69 Å². The Morgan fingerprint density at radius 2 is 2.14 bits per heavy atom. The lowest BCUT2D eigenvalue weighted by Gasteiger charge is -2.17. The van der Waals surface area contributed by atoms with Gasteiger partial charge in [0.1, 0.15) is 0 Å². The van der Waals surface area contributed by atoms with Gasteiger partial charge in [0.2, 0.25) is 0 Å². The molecule has 2 rings (SSSR count). The Labute approximate surface area is 121 Å². The summed E-state index contributed by atoms with van der Waals surface area (Å²) in [7, 11) is 1.63. The minimum Gasteiger partial charge on any atom is -0.322 e. The number of hydrogen-bond acceptors (Lipinski definition) is 4. The molecule has 0 unspecified atom stereocenters. The third-order valence-corrected chi connectivity index (χ3v) is 2.78. The van der Waals surface area contributed by atoms with E-state index < -0.39 is 4.92 Å². The standard InChI is InChI=1S/C14H14N4O3/c1-17(10-12-5-2-3-8-15-12)14(19)16-11-6-4-7-13(9-11)18(20)21/h2-9H,10H2,1H3,(H,16,19). The number of aromatic nitrogens is 1. The first-order valence-electron chi connectivity index (χ1n) is 6.23. The number of nitrogens with one attached hydrogen (secondary N) is 1. The van der Waals surface area contributed by atoms with Crippen molar-refractivity contribution in [3.8, 4) is 0 Å². The first-order chi connectivity index (χ1) is 10.1. The second kappa shape index (κ2) is 6.47. The number of anilines is 1. The Hall–Kier alpha value is -2.96. The molecule has 1 N–H and O–H groups in total. The van der Waals surface area contributed by atoms with Crippen LogP contribution in [0.15, 0.2) is 48.7 Å². The number of amides is 2. The van der Waals surface area contributed by atoms with Crippen LogP contribution in [0.5, 0.6) is 0 Å². The molecule has 0 atom stereocenters. The molecule has 21 heavy (non-hydrogen) atoms. The highest BCUT2D eigenvalue weighted by molar-refractivity contribution is 5.89. The molecular weight excluding hydrogens is 272 g/mol. The molecule has 0 aliphatic carbocycles. The number of urea groups is 1. The number of rotatable bonds is 4. The van der Waals surface area contributed by atoms with Gasteiger partial charge in [-0.2, -0.15) is 0 Å². The maximum atomic E-state index is 12.0. The van der Waals surface area contributed by atoms with E-state index in [1.807, 2.05) is 12.1 Å². The lowest BCUT2D eigenvalue weighted by atomic mass is 10.3. The predicted molar refractivity (Wildman–Crippen MR) is 77.8 cm³/mol. The SMILES string of the molecule is CN(Cc1ccccn1)C(=O)Nc1cccc([N+](=O)[O-])c1. The van der Waals surface area contributed by atoms with Crippen LogP contribution in [0.2, 0.25) is 0 Å². The third kappa shape index (κ3) is 4.00. The zero-order chi connectivity index (χ0) is 15.2. The number of nitrogens with zero attached hydrogens (tertiary/aromatic N) is 3. The summed E-state index contributed by atoms with van der Waals surface area (Å²) in [6.07, 6.45) is 1.65. The van der Waals surface area contributed by atoms with Gasteiger partial charge in [-0.05, 0) is 18.2 Å². The number of carbonyl (C=O) groups is 1. The summed E-state index contributed by atoms with van der Waals surface area (Å²) in [6, 6.07) is 10.9. The van der Waals surface area contributed by atoms with Gasteiger partial charge in [0.15, 0.2) is 0 Å². The molecule has 1 aromatic carbocycles. The van der Waals surface area contributed by atoms with Crippen LogP contribution in [-0.2, 0) is 6.54 Å². The Morgan fingerprint density at radius 3 is 2.81 bits per heavy atom. The largest absolute Gasteiger partial charge is 0.322 e. The van der Waals surface area contributed by atoms with Gasteiger partial charge >= 0.3 is 6.03 Å². The van der Waals surface area contributed by atoms with E-state index in [0.29, 0.717) is 12.2 Å². The van der Waals surface area contributed by atoms with Crippen LogP contribution in [0, 0.1) is 10.1 Å². The van der Waals surface area contributed by atoms with Crippen molar-refractivity contribution < 1.29 is 9.72 Å². The highest BCUT2D eigenvalue weighted by Gasteiger charge is 2.12. The van der Waals surface area contributed by atoms with Crippen molar-refractivity contribution in [3.05, 3.63) is 64.5 Å². The molecule has 0 bridgehead atoms. The van der Waals surface area contributed by atoms with Gasteiger partial charge in [-0.3, -0.25) is 15.1 Å². The van der Waals surface area contributed by atoms with E-state index in [2.05, 4.69) is 10.3 Å². The Kier molecular flexibility index (Phi) is 4.45. The number of pyridine rings is 1. The van der Waals surface area contributed by atoms with Crippen LogP contribution in [0.4, 0.5) is 16.2 Å². The molecule has 7 nitrogen and oxygen atoms in total. The lowest BCUT2D eigenvalue weighted by Crippen LogP contribution is -2.31. The van der Waals surface area contributed by atoms with E-state index in [1.54, 1.807) is 25.4 Å². The van der Waals surface area contributed by atoms with E-state index in [9.17, 15) is 14.9 Å². The molecule has 0 radical (unpaired) electrons. The maximum Gasteiger partial charge on any atom is 0.321 e. The summed E-state index contributed by atoms with van der Waals surface area (Å²) in [4.78, 5) is 27.8. The van der Waals surface area contributed by atoms with Gasteiger partial charge in [0, 0.05) is 31.1 Å². The molecule has 1 aromatic heterocycles. The molecule has 108 valence electrons. The lowest BCUT2D eigenvalue weighted by molar-refractivity contribution is -0.384. The van der Waals surface area contributed by atoms with Gasteiger partial charge in [-0.25, -0.2) is 4.79 Å². The summed E-state index contributed by atoms with van der Waals surface area (Å²) in [5.41, 5.74) is 1.07. The van der Waals surface area contributed by atoms with Crippen LogP contribution < -0.4 is 5.32 Å². The topological polar surface area (TPSA) is 88.4 Å². The molecule has 0 saturated heterocycles. The van der Waals surface area contributed by atoms with Gasteiger partial charge in [-0.15, -0.1) is 0 Å². The van der Waals surface area contributed by atoms with Crippen LogP contribution in [0.3, 0.4) is 0 Å². The summed E-state index contributed by atoms with van der Waals surface area (Å²) in [6.45, 7) is 0.349. The molecule has 0 aliphatic rings. The van der Waals surface area contributed by atoms with Gasteiger partial charge < -0.3 is 10.2 Å². The average molecular weight is 286 g/mol. The fourth-order valence-electron chi connectivity index (χ4n) is 1.72. The van der Waals surface area contributed by atoms with Crippen molar-refractivity contribution in [2.24, 2.45) is 0 Å². The molecule has 7 heteroatoms. The molecule has 1 heterocycles. The average Bonchev–Trinajstić information content (AvgIpc) is 2.48. The molecule has 0 spiro atoms. The van der Waals surface area contributed by atoms with Crippen LogP contribution >= 0.6 is 0 Å². The van der Waals surface area contributed by atoms with Gasteiger partial charge in [0.25, 0.3) is 5.69 Å². The number of carbonyl (C=O) groups excluding carboxylic acids is 1. The van der Waals surface area contributed by atoms with Crippen molar-refractivity contribution in [3.63, 3.8) is 0 Å². The van der Waals surface area contributed by atoms with Crippen molar-refractivity contribution >= 4 is 17.4 Å². The number of non-ortho nitro benzene ring substituents is 1. The quantitative estimate of drug-likeness (QED) is 0.691. The minimum atomic E-state index is -0.507. The van der Waals surface area contributed by atoms with E-state index in [1.165, 1.54) is 23.1 Å². The second-order valence-corrected chi connectivity index (χ2v) is 4.41. The molecular formula is C14H14N4O3. The maximum absolute atomic E-state index is 12.0. The Balaban J connectivity index is 2.00. The number of benzene rings is 1. The second-order valence-electron chi connectivity index (χ2n) is 4.41. The molecule has 0 fully saturated rings. The molecule has 0 saturated carbocycles. The number of nitro groups is 1. The fourth-order valence-corrected chi connectivity index (χ4v) is 1.72. The normalized spacial score (nSPS) is 9.95. The number of nitro benzene ring substituents is 1.